The second kappa shape index (κ2) is 7.63. The first-order valence-electron chi connectivity index (χ1n) is 5.99. The lowest BCUT2D eigenvalue weighted by molar-refractivity contribution is -0.126. The van der Waals surface area contributed by atoms with Crippen molar-refractivity contribution in [1.82, 2.24) is 10.6 Å². The third-order valence-electron chi connectivity index (χ3n) is 2.50. The van der Waals surface area contributed by atoms with E-state index in [2.05, 4.69) is 10.6 Å². The van der Waals surface area contributed by atoms with Crippen LogP contribution in [0.15, 0.2) is 0 Å². The van der Waals surface area contributed by atoms with Crippen molar-refractivity contribution in [3.63, 3.8) is 0 Å². The quantitative estimate of drug-likeness (QED) is 0.618. The molecule has 0 spiro atoms. The van der Waals surface area contributed by atoms with E-state index in [1.165, 1.54) is 0 Å². The molecule has 0 radical (unpaired) electrons. The molecule has 0 aromatic heterocycles. The Labute approximate surface area is 99.1 Å². The molecule has 0 saturated carbocycles. The molecule has 0 aromatic rings. The van der Waals surface area contributed by atoms with Crippen molar-refractivity contribution in [1.29, 1.82) is 0 Å². The first kappa shape index (κ1) is 15.4. The number of unbranched alkanes of at least 4 members (excludes halogenated alkanes) is 1. The molecule has 0 fully saturated rings. The number of carbonyl (C=O) groups is 1. The molecule has 96 valence electrons. The van der Waals surface area contributed by atoms with Gasteiger partial charge in [-0.25, -0.2) is 0 Å². The smallest absolute Gasteiger partial charge is 0.239 e. The van der Waals surface area contributed by atoms with Crippen molar-refractivity contribution in [3.05, 3.63) is 0 Å². The van der Waals surface area contributed by atoms with Crippen LogP contribution in [0.4, 0.5) is 0 Å². The van der Waals surface area contributed by atoms with Gasteiger partial charge in [-0.05, 0) is 47.6 Å². The van der Waals surface area contributed by atoms with Gasteiger partial charge < -0.3 is 15.4 Å². The summed E-state index contributed by atoms with van der Waals surface area (Å²) in [6.45, 7) is 9.26. The lowest BCUT2D eigenvalue weighted by atomic mass is 10.1. The molecule has 2 N–H and O–H groups in total. The molecule has 4 nitrogen and oxygen atoms in total. The normalized spacial score (nSPS) is 11.9. The van der Waals surface area contributed by atoms with Crippen LogP contribution in [0, 0.1) is 0 Å². The van der Waals surface area contributed by atoms with Crippen molar-refractivity contribution < 1.29 is 9.53 Å². The zero-order valence-corrected chi connectivity index (χ0v) is 11.2. The Morgan fingerprint density at radius 2 is 1.94 bits per heavy atom. The van der Waals surface area contributed by atoms with E-state index in [0.717, 1.165) is 19.4 Å². The zero-order valence-electron chi connectivity index (χ0n) is 11.2. The van der Waals surface area contributed by atoms with Gasteiger partial charge in [0.05, 0.1) is 11.6 Å². The Morgan fingerprint density at radius 3 is 2.44 bits per heavy atom. The topological polar surface area (TPSA) is 50.4 Å². The molecule has 0 atom stereocenters. The highest BCUT2D eigenvalue weighted by molar-refractivity contribution is 5.85. The minimum atomic E-state index is -0.492. The van der Waals surface area contributed by atoms with Gasteiger partial charge in [0.2, 0.25) is 5.91 Å². The fraction of sp³-hybridized carbons (Fsp3) is 0.917. The molecule has 0 unspecified atom stereocenters. The Morgan fingerprint density at radius 1 is 1.31 bits per heavy atom. The predicted octanol–water partition coefficient (Wildman–Crippen LogP) is 1.31. The maximum atomic E-state index is 11.6. The van der Waals surface area contributed by atoms with Gasteiger partial charge in [0.25, 0.3) is 0 Å². The van der Waals surface area contributed by atoms with Crippen LogP contribution in [-0.4, -0.2) is 37.7 Å². The number of nitrogens with one attached hydrogen (secondary N) is 2. The van der Waals surface area contributed by atoms with Gasteiger partial charge in [-0.15, -0.1) is 0 Å². The molecule has 0 heterocycles. The van der Waals surface area contributed by atoms with E-state index in [-0.39, 0.29) is 12.0 Å². The summed E-state index contributed by atoms with van der Waals surface area (Å²) in [6, 6.07) is 0. The average Bonchev–Trinajstić information content (AvgIpc) is 2.22. The van der Waals surface area contributed by atoms with Crippen LogP contribution >= 0.6 is 0 Å². The van der Waals surface area contributed by atoms with Crippen molar-refractivity contribution in [2.75, 3.05) is 20.2 Å². The maximum absolute atomic E-state index is 11.6. The summed E-state index contributed by atoms with van der Waals surface area (Å²) in [4.78, 5) is 11.6. The molecule has 0 aliphatic heterocycles. The molecule has 0 bridgehead atoms. The van der Waals surface area contributed by atoms with Gasteiger partial charge in [0.15, 0.2) is 0 Å². The number of ether oxygens (including phenoxy) is 1. The van der Waals surface area contributed by atoms with Gasteiger partial charge in [-0.2, -0.15) is 0 Å². The first-order chi connectivity index (χ1) is 7.40. The van der Waals surface area contributed by atoms with Crippen LogP contribution in [0.3, 0.4) is 0 Å². The van der Waals surface area contributed by atoms with E-state index >= 15 is 0 Å². The summed E-state index contributed by atoms with van der Waals surface area (Å²) >= 11 is 0. The maximum Gasteiger partial charge on any atom is 0.239 e. The largest absolute Gasteiger partial charge is 0.379 e. The highest BCUT2D eigenvalue weighted by atomic mass is 16.5. The summed E-state index contributed by atoms with van der Waals surface area (Å²) < 4.78 is 5.41. The molecule has 0 aliphatic rings. The number of likely N-dealkylation sites (N-methyl/N-ethyl adjacent to an activating group) is 1. The molecular formula is C12H26N2O2. The van der Waals surface area contributed by atoms with Gasteiger partial charge in [0.1, 0.15) is 0 Å². The molecular weight excluding hydrogens is 204 g/mol. The van der Waals surface area contributed by atoms with E-state index in [4.69, 9.17) is 4.74 Å². The standard InChI is InChI=1S/C12H26N2O2/c1-10(2)16-9-7-6-8-14-11(15)12(3,4)13-5/h10,13H,6-9H2,1-5H3,(H,14,15). The third-order valence-corrected chi connectivity index (χ3v) is 2.50. The number of rotatable bonds is 8. The Balaban J connectivity index is 3.49. The molecule has 0 rings (SSSR count). The van der Waals surface area contributed by atoms with Gasteiger partial charge in [0, 0.05) is 13.2 Å². The van der Waals surface area contributed by atoms with Crippen LogP contribution in [-0.2, 0) is 9.53 Å². The van der Waals surface area contributed by atoms with Crippen LogP contribution < -0.4 is 10.6 Å². The minimum absolute atomic E-state index is 0.0415. The van der Waals surface area contributed by atoms with E-state index in [0.29, 0.717) is 6.54 Å². The van der Waals surface area contributed by atoms with Crippen molar-refractivity contribution in [2.45, 2.75) is 52.2 Å². The second-order valence-electron chi connectivity index (χ2n) is 4.76. The molecule has 0 aromatic carbocycles. The Bertz CT molecular complexity index is 203. The van der Waals surface area contributed by atoms with Crippen molar-refractivity contribution >= 4 is 5.91 Å². The summed E-state index contributed by atoms with van der Waals surface area (Å²) in [5.74, 6) is 0.0415. The summed E-state index contributed by atoms with van der Waals surface area (Å²) in [5.41, 5.74) is -0.492. The Hall–Kier alpha value is -0.610. The number of amides is 1. The number of carbonyl (C=O) groups excluding carboxylic acids is 1. The molecule has 0 aliphatic carbocycles. The van der Waals surface area contributed by atoms with Crippen LogP contribution in [0.25, 0.3) is 0 Å². The monoisotopic (exact) mass is 230 g/mol. The molecule has 16 heavy (non-hydrogen) atoms. The average molecular weight is 230 g/mol. The highest BCUT2D eigenvalue weighted by Gasteiger charge is 2.24. The summed E-state index contributed by atoms with van der Waals surface area (Å²) in [5, 5.41) is 5.88. The first-order valence-corrected chi connectivity index (χ1v) is 5.99. The number of hydrogen-bond donors (Lipinski definition) is 2. The molecule has 0 saturated heterocycles. The van der Waals surface area contributed by atoms with Crippen LogP contribution in [0.2, 0.25) is 0 Å². The lowest BCUT2D eigenvalue weighted by Crippen LogP contribution is -2.51. The molecule has 1 amide bonds. The van der Waals surface area contributed by atoms with Gasteiger partial charge >= 0.3 is 0 Å². The fourth-order valence-corrected chi connectivity index (χ4v) is 1.08. The summed E-state index contributed by atoms with van der Waals surface area (Å²) in [6.07, 6.45) is 2.23. The van der Waals surface area contributed by atoms with E-state index in [9.17, 15) is 4.79 Å². The van der Waals surface area contributed by atoms with Gasteiger partial charge in [-0.1, -0.05) is 0 Å². The third kappa shape index (κ3) is 6.80. The van der Waals surface area contributed by atoms with E-state index < -0.39 is 5.54 Å². The van der Waals surface area contributed by atoms with Crippen LogP contribution in [0.5, 0.6) is 0 Å². The van der Waals surface area contributed by atoms with E-state index in [1.54, 1.807) is 7.05 Å². The number of hydrogen-bond acceptors (Lipinski definition) is 3. The van der Waals surface area contributed by atoms with Gasteiger partial charge in [-0.3, -0.25) is 4.79 Å². The Kier molecular flexibility index (Phi) is 7.34. The highest BCUT2D eigenvalue weighted by Crippen LogP contribution is 2.00. The lowest BCUT2D eigenvalue weighted by Gasteiger charge is -2.22. The van der Waals surface area contributed by atoms with Crippen molar-refractivity contribution in [3.8, 4) is 0 Å². The molecule has 4 heteroatoms. The van der Waals surface area contributed by atoms with Crippen molar-refractivity contribution in [2.24, 2.45) is 0 Å². The fourth-order valence-electron chi connectivity index (χ4n) is 1.08. The second-order valence-corrected chi connectivity index (χ2v) is 4.76. The SMILES string of the molecule is CNC(C)(C)C(=O)NCCCCOC(C)C. The minimum Gasteiger partial charge on any atom is -0.379 e. The predicted molar refractivity (Wildman–Crippen MR) is 66.5 cm³/mol. The summed E-state index contributed by atoms with van der Waals surface area (Å²) in [7, 11) is 1.79. The van der Waals surface area contributed by atoms with E-state index in [1.807, 2.05) is 27.7 Å². The zero-order chi connectivity index (χ0) is 12.6. The van der Waals surface area contributed by atoms with Crippen LogP contribution in [0.1, 0.15) is 40.5 Å².